The van der Waals surface area contributed by atoms with Crippen molar-refractivity contribution in [1.82, 2.24) is 0 Å². The minimum absolute atomic E-state index is 0.246. The Morgan fingerprint density at radius 3 is 2.60 bits per heavy atom. The molecule has 0 atom stereocenters. The summed E-state index contributed by atoms with van der Waals surface area (Å²) in [4.78, 5) is 11.8. The Morgan fingerprint density at radius 2 is 2.00 bits per heavy atom. The molecule has 0 aliphatic heterocycles. The highest BCUT2D eigenvalue weighted by atomic mass is 16.3. The largest absolute Gasteiger partial charge is 0.472 e. The van der Waals surface area contributed by atoms with E-state index in [0.29, 0.717) is 12.3 Å². The van der Waals surface area contributed by atoms with Gasteiger partial charge in [-0.2, -0.15) is 0 Å². The molecule has 1 heterocycles. The first kappa shape index (κ1) is 10.5. The van der Waals surface area contributed by atoms with Crippen LogP contribution in [0.3, 0.4) is 0 Å². The Morgan fingerprint density at radius 1 is 1.27 bits per heavy atom. The minimum Gasteiger partial charge on any atom is -0.472 e. The van der Waals surface area contributed by atoms with Crippen molar-refractivity contribution >= 4 is 5.78 Å². The van der Waals surface area contributed by atoms with Crippen LogP contribution in [0.15, 0.2) is 23.0 Å². The van der Waals surface area contributed by atoms with E-state index < -0.39 is 0 Å². The standard InChI is InChI=1S/C13H18O2/c14-13(12-7-8-15-10-12)9-11-5-3-1-2-4-6-11/h7-8,10-11H,1-6,9H2. The fraction of sp³-hybridized carbons (Fsp3) is 0.615. The second-order valence-electron chi connectivity index (χ2n) is 4.50. The van der Waals surface area contributed by atoms with E-state index in [-0.39, 0.29) is 5.78 Å². The van der Waals surface area contributed by atoms with Crippen molar-refractivity contribution in [3.8, 4) is 0 Å². The molecule has 1 aromatic heterocycles. The van der Waals surface area contributed by atoms with E-state index in [1.165, 1.54) is 38.5 Å². The van der Waals surface area contributed by atoms with Gasteiger partial charge in [0.1, 0.15) is 6.26 Å². The smallest absolute Gasteiger partial charge is 0.166 e. The quantitative estimate of drug-likeness (QED) is 0.556. The van der Waals surface area contributed by atoms with Crippen molar-refractivity contribution in [2.45, 2.75) is 44.9 Å². The van der Waals surface area contributed by atoms with Crippen LogP contribution in [0.1, 0.15) is 55.3 Å². The van der Waals surface area contributed by atoms with Gasteiger partial charge in [-0.1, -0.05) is 38.5 Å². The van der Waals surface area contributed by atoms with Crippen LogP contribution in [-0.2, 0) is 0 Å². The van der Waals surface area contributed by atoms with Crippen molar-refractivity contribution < 1.29 is 9.21 Å². The van der Waals surface area contributed by atoms with Crippen LogP contribution < -0.4 is 0 Å². The molecule has 0 spiro atoms. The molecule has 15 heavy (non-hydrogen) atoms. The summed E-state index contributed by atoms with van der Waals surface area (Å²) in [6.45, 7) is 0. The number of furan rings is 1. The first-order chi connectivity index (χ1) is 7.36. The van der Waals surface area contributed by atoms with E-state index >= 15 is 0 Å². The van der Waals surface area contributed by atoms with E-state index in [1.54, 1.807) is 18.6 Å². The van der Waals surface area contributed by atoms with Crippen molar-refractivity contribution in [3.05, 3.63) is 24.2 Å². The normalized spacial score (nSPS) is 18.7. The van der Waals surface area contributed by atoms with Crippen molar-refractivity contribution in [1.29, 1.82) is 0 Å². The zero-order chi connectivity index (χ0) is 10.5. The number of hydrogen-bond acceptors (Lipinski definition) is 2. The zero-order valence-corrected chi connectivity index (χ0v) is 9.08. The molecule has 0 saturated heterocycles. The van der Waals surface area contributed by atoms with Crippen LogP contribution in [0.5, 0.6) is 0 Å². The lowest BCUT2D eigenvalue weighted by molar-refractivity contribution is 0.0956. The van der Waals surface area contributed by atoms with Crippen molar-refractivity contribution in [2.75, 3.05) is 0 Å². The van der Waals surface area contributed by atoms with Gasteiger partial charge in [-0.3, -0.25) is 4.79 Å². The van der Waals surface area contributed by atoms with Gasteiger partial charge in [0, 0.05) is 6.42 Å². The summed E-state index contributed by atoms with van der Waals surface area (Å²) in [5, 5.41) is 0. The average Bonchev–Trinajstić information content (AvgIpc) is 2.65. The van der Waals surface area contributed by atoms with Gasteiger partial charge < -0.3 is 4.42 Å². The number of Topliss-reactive ketones (excluding diaryl/α,β-unsaturated/α-hetero) is 1. The van der Waals surface area contributed by atoms with Gasteiger partial charge in [-0.25, -0.2) is 0 Å². The fourth-order valence-corrected chi connectivity index (χ4v) is 2.37. The summed E-state index contributed by atoms with van der Waals surface area (Å²) in [7, 11) is 0. The Bertz CT molecular complexity index is 292. The highest BCUT2D eigenvalue weighted by Crippen LogP contribution is 2.26. The molecule has 82 valence electrons. The van der Waals surface area contributed by atoms with Crippen molar-refractivity contribution in [3.63, 3.8) is 0 Å². The second kappa shape index (κ2) is 5.15. The van der Waals surface area contributed by atoms with E-state index in [4.69, 9.17) is 4.42 Å². The van der Waals surface area contributed by atoms with E-state index in [1.807, 2.05) is 0 Å². The number of carbonyl (C=O) groups excluding carboxylic acids is 1. The van der Waals surface area contributed by atoms with E-state index in [0.717, 1.165) is 5.56 Å². The third kappa shape index (κ3) is 2.95. The van der Waals surface area contributed by atoms with Crippen LogP contribution in [0, 0.1) is 5.92 Å². The molecule has 2 rings (SSSR count). The average molecular weight is 206 g/mol. The molecule has 0 unspecified atom stereocenters. The van der Waals surface area contributed by atoms with Crippen LogP contribution in [0.25, 0.3) is 0 Å². The highest BCUT2D eigenvalue weighted by Gasteiger charge is 2.17. The number of hydrogen-bond donors (Lipinski definition) is 0. The summed E-state index contributed by atoms with van der Waals surface area (Å²) >= 11 is 0. The molecule has 1 aliphatic rings. The maximum atomic E-state index is 11.8. The third-order valence-electron chi connectivity index (χ3n) is 3.29. The van der Waals surface area contributed by atoms with Gasteiger partial charge in [0.15, 0.2) is 5.78 Å². The summed E-state index contributed by atoms with van der Waals surface area (Å²) in [5.74, 6) is 0.852. The summed E-state index contributed by atoms with van der Waals surface area (Å²) in [6, 6.07) is 1.76. The molecule has 0 radical (unpaired) electrons. The van der Waals surface area contributed by atoms with Gasteiger partial charge in [-0.15, -0.1) is 0 Å². The maximum Gasteiger partial charge on any atom is 0.166 e. The number of ketones is 1. The predicted molar refractivity (Wildman–Crippen MR) is 58.8 cm³/mol. The molecule has 1 fully saturated rings. The Labute approximate surface area is 90.7 Å². The Kier molecular flexibility index (Phi) is 3.59. The van der Waals surface area contributed by atoms with Gasteiger partial charge in [0.25, 0.3) is 0 Å². The van der Waals surface area contributed by atoms with Gasteiger partial charge in [0.05, 0.1) is 11.8 Å². The molecule has 1 aliphatic carbocycles. The molecule has 2 heteroatoms. The van der Waals surface area contributed by atoms with E-state index in [2.05, 4.69) is 0 Å². The summed E-state index contributed by atoms with van der Waals surface area (Å²) in [5.41, 5.74) is 0.735. The SMILES string of the molecule is O=C(CC1CCCCCC1)c1ccoc1. The van der Waals surface area contributed by atoms with Crippen LogP contribution >= 0.6 is 0 Å². The first-order valence-electron chi connectivity index (χ1n) is 5.91. The summed E-state index contributed by atoms with van der Waals surface area (Å²) < 4.78 is 4.93. The Hall–Kier alpha value is -1.05. The Balaban J connectivity index is 1.87. The molecule has 2 nitrogen and oxygen atoms in total. The van der Waals surface area contributed by atoms with E-state index in [9.17, 15) is 4.79 Å². The number of carbonyl (C=O) groups is 1. The summed E-state index contributed by atoms with van der Waals surface area (Å²) in [6.07, 6.45) is 11.6. The van der Waals surface area contributed by atoms with Gasteiger partial charge in [-0.05, 0) is 12.0 Å². The molecule has 0 aromatic carbocycles. The predicted octanol–water partition coefficient (Wildman–Crippen LogP) is 3.82. The molecule has 1 saturated carbocycles. The monoisotopic (exact) mass is 206 g/mol. The number of rotatable bonds is 3. The molecule has 0 N–H and O–H groups in total. The second-order valence-corrected chi connectivity index (χ2v) is 4.50. The van der Waals surface area contributed by atoms with Gasteiger partial charge >= 0.3 is 0 Å². The van der Waals surface area contributed by atoms with Gasteiger partial charge in [0.2, 0.25) is 0 Å². The first-order valence-corrected chi connectivity index (χ1v) is 5.91. The lowest BCUT2D eigenvalue weighted by Gasteiger charge is -2.11. The topological polar surface area (TPSA) is 30.2 Å². The molecular weight excluding hydrogens is 188 g/mol. The molecule has 0 bridgehead atoms. The highest BCUT2D eigenvalue weighted by molar-refractivity contribution is 5.95. The molecule has 1 aromatic rings. The lowest BCUT2D eigenvalue weighted by atomic mass is 9.93. The van der Waals surface area contributed by atoms with Crippen LogP contribution in [-0.4, -0.2) is 5.78 Å². The molecular formula is C13H18O2. The third-order valence-corrected chi connectivity index (χ3v) is 3.29. The minimum atomic E-state index is 0.246. The fourth-order valence-electron chi connectivity index (χ4n) is 2.37. The van der Waals surface area contributed by atoms with Crippen LogP contribution in [0.4, 0.5) is 0 Å². The van der Waals surface area contributed by atoms with Crippen molar-refractivity contribution in [2.24, 2.45) is 5.92 Å². The maximum absolute atomic E-state index is 11.8. The zero-order valence-electron chi connectivity index (χ0n) is 9.08. The van der Waals surface area contributed by atoms with Crippen LogP contribution in [0.2, 0.25) is 0 Å². The lowest BCUT2D eigenvalue weighted by Crippen LogP contribution is -2.07. The molecule has 0 amide bonds.